The number of hydrogen-bond acceptors (Lipinski definition) is 3. The normalized spacial score (nSPS) is 20.1. The van der Waals surface area contributed by atoms with Crippen molar-refractivity contribution in [1.29, 1.82) is 0 Å². The van der Waals surface area contributed by atoms with Gasteiger partial charge >= 0.3 is 0 Å². The van der Waals surface area contributed by atoms with Crippen molar-refractivity contribution in [3.05, 3.63) is 0 Å². The fourth-order valence-electron chi connectivity index (χ4n) is 2.10. The first-order valence-electron chi connectivity index (χ1n) is 5.57. The molecule has 0 heterocycles. The second kappa shape index (κ2) is 4.60. The van der Waals surface area contributed by atoms with Gasteiger partial charge in [0, 0.05) is 25.2 Å². The lowest BCUT2D eigenvalue weighted by Crippen LogP contribution is -2.50. The molecular formula is C11H24N2O. The first kappa shape index (κ1) is 12.0. The van der Waals surface area contributed by atoms with Gasteiger partial charge in [-0.05, 0) is 18.3 Å². The molecule has 0 amide bonds. The summed E-state index contributed by atoms with van der Waals surface area (Å²) in [5.74, 6) is 0. The maximum absolute atomic E-state index is 9.04. The molecule has 0 spiro atoms. The number of aliphatic hydroxyl groups is 1. The van der Waals surface area contributed by atoms with Crippen molar-refractivity contribution in [3.63, 3.8) is 0 Å². The zero-order valence-electron chi connectivity index (χ0n) is 9.66. The Hall–Kier alpha value is -0.120. The van der Waals surface area contributed by atoms with Gasteiger partial charge in [0.15, 0.2) is 0 Å². The van der Waals surface area contributed by atoms with E-state index in [-0.39, 0.29) is 12.0 Å². The van der Waals surface area contributed by atoms with E-state index < -0.39 is 0 Å². The zero-order chi connectivity index (χ0) is 10.8. The molecule has 1 unspecified atom stereocenters. The van der Waals surface area contributed by atoms with Crippen LogP contribution in [0.4, 0.5) is 0 Å². The molecule has 0 aromatic heterocycles. The van der Waals surface area contributed by atoms with Crippen LogP contribution in [-0.2, 0) is 0 Å². The Bertz CT molecular complexity index is 173. The van der Waals surface area contributed by atoms with Crippen molar-refractivity contribution >= 4 is 0 Å². The van der Waals surface area contributed by atoms with E-state index in [4.69, 9.17) is 10.8 Å². The predicted octanol–water partition coefficient (Wildman–Crippen LogP) is 0.817. The molecule has 1 saturated carbocycles. The van der Waals surface area contributed by atoms with Crippen LogP contribution in [0, 0.1) is 5.41 Å². The van der Waals surface area contributed by atoms with Gasteiger partial charge < -0.3 is 10.8 Å². The minimum absolute atomic E-state index is 0.201. The summed E-state index contributed by atoms with van der Waals surface area (Å²) in [6.45, 7) is 8.35. The lowest BCUT2D eigenvalue weighted by molar-refractivity contribution is 0.0774. The molecule has 0 radical (unpaired) electrons. The number of nitrogens with two attached hydrogens (primary N) is 1. The number of nitrogens with zero attached hydrogens (tertiary/aromatic N) is 1. The highest BCUT2D eigenvalue weighted by Gasteiger charge is 2.37. The van der Waals surface area contributed by atoms with Gasteiger partial charge in [-0.3, -0.25) is 4.90 Å². The van der Waals surface area contributed by atoms with Gasteiger partial charge in [-0.2, -0.15) is 0 Å². The molecule has 3 heteroatoms. The molecule has 1 atom stereocenters. The highest BCUT2D eigenvalue weighted by Crippen LogP contribution is 2.33. The van der Waals surface area contributed by atoms with Gasteiger partial charge in [-0.1, -0.05) is 20.8 Å². The van der Waals surface area contributed by atoms with E-state index in [1.807, 2.05) is 0 Å². The molecule has 1 aliphatic carbocycles. The van der Waals surface area contributed by atoms with Crippen LogP contribution >= 0.6 is 0 Å². The maximum Gasteiger partial charge on any atom is 0.0558 e. The van der Waals surface area contributed by atoms with Crippen LogP contribution in [0.1, 0.15) is 33.6 Å². The van der Waals surface area contributed by atoms with Crippen molar-refractivity contribution in [2.75, 3.05) is 19.7 Å². The van der Waals surface area contributed by atoms with E-state index >= 15 is 0 Å². The third kappa shape index (κ3) is 2.94. The summed E-state index contributed by atoms with van der Waals surface area (Å²) in [6, 6.07) is 1.07. The van der Waals surface area contributed by atoms with E-state index in [2.05, 4.69) is 25.7 Å². The number of rotatable bonds is 5. The Morgan fingerprint density at radius 3 is 2.29 bits per heavy atom. The Kier molecular flexibility index (Phi) is 3.93. The molecule has 1 fully saturated rings. The lowest BCUT2D eigenvalue weighted by atomic mass is 9.85. The van der Waals surface area contributed by atoms with Gasteiger partial charge in [0.2, 0.25) is 0 Å². The molecule has 0 aliphatic heterocycles. The topological polar surface area (TPSA) is 49.5 Å². The van der Waals surface area contributed by atoms with Gasteiger partial charge in [0.1, 0.15) is 0 Å². The molecule has 14 heavy (non-hydrogen) atoms. The van der Waals surface area contributed by atoms with Crippen LogP contribution in [-0.4, -0.2) is 41.8 Å². The van der Waals surface area contributed by atoms with Crippen molar-refractivity contribution in [3.8, 4) is 0 Å². The summed E-state index contributed by atoms with van der Waals surface area (Å²) in [4.78, 5) is 2.39. The Morgan fingerprint density at radius 2 is 2.00 bits per heavy atom. The second-order valence-corrected chi connectivity index (χ2v) is 5.31. The van der Waals surface area contributed by atoms with E-state index in [0.29, 0.717) is 18.6 Å². The molecule has 0 bridgehead atoms. The van der Waals surface area contributed by atoms with Crippen LogP contribution in [0.3, 0.4) is 0 Å². The molecule has 0 aromatic carbocycles. The van der Waals surface area contributed by atoms with Crippen molar-refractivity contribution < 1.29 is 5.11 Å². The summed E-state index contributed by atoms with van der Waals surface area (Å²) in [6.07, 6.45) is 2.54. The molecule has 3 N–H and O–H groups in total. The molecule has 1 rings (SSSR count). The number of aliphatic hydroxyl groups excluding tert-OH is 1. The Labute approximate surface area is 87.3 Å². The quantitative estimate of drug-likeness (QED) is 0.690. The van der Waals surface area contributed by atoms with E-state index in [1.165, 1.54) is 12.8 Å². The largest absolute Gasteiger partial charge is 0.395 e. The minimum atomic E-state index is 0.201. The Balaban J connectivity index is 2.62. The minimum Gasteiger partial charge on any atom is -0.395 e. The average molecular weight is 200 g/mol. The van der Waals surface area contributed by atoms with Gasteiger partial charge in [-0.15, -0.1) is 0 Å². The third-order valence-corrected chi connectivity index (χ3v) is 3.00. The molecule has 0 aromatic rings. The SMILES string of the molecule is CC(C)(C)C(CN)N(CCO)C1CC1. The highest BCUT2D eigenvalue weighted by molar-refractivity contribution is 4.93. The van der Waals surface area contributed by atoms with Crippen LogP contribution in [0.15, 0.2) is 0 Å². The van der Waals surface area contributed by atoms with E-state index in [9.17, 15) is 0 Å². The third-order valence-electron chi connectivity index (χ3n) is 3.00. The van der Waals surface area contributed by atoms with Crippen LogP contribution in [0.5, 0.6) is 0 Å². The van der Waals surface area contributed by atoms with Crippen LogP contribution < -0.4 is 5.73 Å². The molecule has 0 saturated heterocycles. The fraction of sp³-hybridized carbons (Fsp3) is 1.00. The maximum atomic E-state index is 9.04. The van der Waals surface area contributed by atoms with Crippen LogP contribution in [0.25, 0.3) is 0 Å². The van der Waals surface area contributed by atoms with Gasteiger partial charge in [0.05, 0.1) is 6.61 Å². The molecule has 3 nitrogen and oxygen atoms in total. The lowest BCUT2D eigenvalue weighted by Gasteiger charge is -2.39. The summed E-state index contributed by atoms with van der Waals surface area (Å²) < 4.78 is 0. The Morgan fingerprint density at radius 1 is 1.43 bits per heavy atom. The predicted molar refractivity (Wildman–Crippen MR) is 59.1 cm³/mol. The summed E-state index contributed by atoms with van der Waals surface area (Å²) in [5, 5.41) is 9.04. The highest BCUT2D eigenvalue weighted by atomic mass is 16.3. The summed E-state index contributed by atoms with van der Waals surface area (Å²) in [7, 11) is 0. The van der Waals surface area contributed by atoms with E-state index in [1.54, 1.807) is 0 Å². The molecule has 1 aliphatic rings. The van der Waals surface area contributed by atoms with Gasteiger partial charge in [-0.25, -0.2) is 0 Å². The summed E-state index contributed by atoms with van der Waals surface area (Å²) in [5.41, 5.74) is 6.03. The standard InChI is InChI=1S/C11H24N2O/c1-11(2,3)10(8-12)13(6-7-14)9-4-5-9/h9-10,14H,4-8,12H2,1-3H3. The monoisotopic (exact) mass is 200 g/mol. The average Bonchev–Trinajstić information content (AvgIpc) is 2.84. The zero-order valence-corrected chi connectivity index (χ0v) is 9.66. The summed E-state index contributed by atoms with van der Waals surface area (Å²) >= 11 is 0. The molecular weight excluding hydrogens is 176 g/mol. The van der Waals surface area contributed by atoms with Crippen molar-refractivity contribution in [2.45, 2.75) is 45.7 Å². The van der Waals surface area contributed by atoms with Crippen molar-refractivity contribution in [1.82, 2.24) is 4.90 Å². The molecule has 84 valence electrons. The van der Waals surface area contributed by atoms with Gasteiger partial charge in [0.25, 0.3) is 0 Å². The van der Waals surface area contributed by atoms with Crippen molar-refractivity contribution in [2.24, 2.45) is 11.1 Å². The van der Waals surface area contributed by atoms with Crippen LogP contribution in [0.2, 0.25) is 0 Å². The van der Waals surface area contributed by atoms with E-state index in [0.717, 1.165) is 6.54 Å². The smallest absolute Gasteiger partial charge is 0.0558 e. The first-order chi connectivity index (χ1) is 6.50. The second-order valence-electron chi connectivity index (χ2n) is 5.31. The fourth-order valence-corrected chi connectivity index (χ4v) is 2.10. The first-order valence-corrected chi connectivity index (χ1v) is 5.57. The number of hydrogen-bond donors (Lipinski definition) is 2.